The summed E-state index contributed by atoms with van der Waals surface area (Å²) in [6.45, 7) is 5.87. The van der Waals surface area contributed by atoms with Crippen molar-refractivity contribution in [2.45, 2.75) is 12.8 Å². The number of nitrogens with zero attached hydrogens (tertiary/aromatic N) is 2. The molecule has 2 fully saturated rings. The number of hydrogen-bond acceptors (Lipinski definition) is 4. The van der Waals surface area contributed by atoms with Crippen LogP contribution in [0.25, 0.3) is 0 Å². The molecule has 0 aromatic heterocycles. The summed E-state index contributed by atoms with van der Waals surface area (Å²) in [5.74, 6) is -0.00870. The largest absolute Gasteiger partial charge is 0.346 e. The fourth-order valence-electron chi connectivity index (χ4n) is 2.38. The highest BCUT2D eigenvalue weighted by Crippen LogP contribution is 2.06. The fraction of sp³-hybridized carbons (Fsp3) is 0.833. The first kappa shape index (κ1) is 19.4. The summed E-state index contributed by atoms with van der Waals surface area (Å²) < 4.78 is 0. The van der Waals surface area contributed by atoms with Gasteiger partial charge in [-0.1, -0.05) is 0 Å². The highest BCUT2D eigenvalue weighted by Gasteiger charge is 2.19. The lowest BCUT2D eigenvalue weighted by Crippen LogP contribution is -2.48. The molecule has 2 amide bonds. The smallest absolute Gasteiger partial charge is 0.241 e. The molecule has 2 rings (SSSR count). The van der Waals surface area contributed by atoms with E-state index in [1.165, 1.54) is 0 Å². The average molecular weight is 327 g/mol. The molecule has 0 unspecified atom stereocenters. The van der Waals surface area contributed by atoms with Gasteiger partial charge in [0.15, 0.2) is 0 Å². The predicted molar refractivity (Wildman–Crippen MR) is 82.6 cm³/mol. The van der Waals surface area contributed by atoms with Crippen molar-refractivity contribution >= 4 is 36.6 Å². The van der Waals surface area contributed by atoms with E-state index >= 15 is 0 Å². The first-order valence-electron chi connectivity index (χ1n) is 6.73. The lowest BCUT2D eigenvalue weighted by Gasteiger charge is -2.26. The summed E-state index contributed by atoms with van der Waals surface area (Å²) in [5.41, 5.74) is 0. The zero-order valence-corrected chi connectivity index (χ0v) is 13.2. The van der Waals surface area contributed by atoms with Gasteiger partial charge >= 0.3 is 0 Å². The highest BCUT2D eigenvalue weighted by atomic mass is 35.5. The van der Waals surface area contributed by atoms with Gasteiger partial charge in [-0.3, -0.25) is 14.5 Å². The second-order valence-corrected chi connectivity index (χ2v) is 4.89. The molecule has 2 heterocycles. The highest BCUT2D eigenvalue weighted by molar-refractivity contribution is 5.86. The van der Waals surface area contributed by atoms with Crippen LogP contribution in [0, 0.1) is 0 Å². The Morgan fingerprint density at radius 2 is 1.60 bits per heavy atom. The Labute approximate surface area is 132 Å². The zero-order valence-electron chi connectivity index (χ0n) is 11.6. The first-order chi connectivity index (χ1) is 8.75. The van der Waals surface area contributed by atoms with Gasteiger partial charge < -0.3 is 15.5 Å². The summed E-state index contributed by atoms with van der Waals surface area (Å²) in [6, 6.07) is 0. The molecule has 118 valence electrons. The summed E-state index contributed by atoms with van der Waals surface area (Å²) in [7, 11) is 0. The van der Waals surface area contributed by atoms with Crippen molar-refractivity contribution in [1.82, 2.24) is 20.4 Å². The quantitative estimate of drug-likeness (QED) is 0.729. The van der Waals surface area contributed by atoms with Crippen LogP contribution in [0.5, 0.6) is 0 Å². The molecule has 2 N–H and O–H groups in total. The maximum Gasteiger partial charge on any atom is 0.241 e. The minimum absolute atomic E-state index is 0. The molecule has 2 saturated heterocycles. The van der Waals surface area contributed by atoms with Crippen LogP contribution in [0.2, 0.25) is 0 Å². The molecule has 0 radical (unpaired) electrons. The molecule has 0 aromatic rings. The van der Waals surface area contributed by atoms with Crippen LogP contribution >= 0.6 is 24.8 Å². The molecular weight excluding hydrogens is 303 g/mol. The summed E-state index contributed by atoms with van der Waals surface area (Å²) in [4.78, 5) is 27.3. The van der Waals surface area contributed by atoms with Crippen molar-refractivity contribution in [2.24, 2.45) is 0 Å². The van der Waals surface area contributed by atoms with E-state index in [1.54, 1.807) is 0 Å². The molecule has 0 atom stereocenters. The molecule has 0 aliphatic carbocycles. The second kappa shape index (κ2) is 10.2. The van der Waals surface area contributed by atoms with Gasteiger partial charge in [-0.05, 0) is 12.8 Å². The van der Waals surface area contributed by atoms with E-state index in [0.717, 1.165) is 52.1 Å². The molecule has 8 heteroatoms. The lowest BCUT2D eigenvalue weighted by atomic mass is 10.3. The van der Waals surface area contributed by atoms with E-state index in [4.69, 9.17) is 0 Å². The zero-order chi connectivity index (χ0) is 12.8. The average Bonchev–Trinajstić information content (AvgIpc) is 2.91. The molecule has 6 nitrogen and oxygen atoms in total. The number of rotatable bonds is 4. The van der Waals surface area contributed by atoms with E-state index in [-0.39, 0.29) is 43.2 Å². The maximum atomic E-state index is 11.7. The number of carbonyl (C=O) groups excluding carboxylic acids is 2. The lowest BCUT2D eigenvalue weighted by molar-refractivity contribution is -0.132. The molecule has 2 aliphatic heterocycles. The normalized spacial score (nSPS) is 18.9. The minimum Gasteiger partial charge on any atom is -0.346 e. The minimum atomic E-state index is -0.0514. The molecule has 0 aromatic carbocycles. The third-order valence-corrected chi connectivity index (χ3v) is 3.47. The van der Waals surface area contributed by atoms with Crippen LogP contribution in [0.4, 0.5) is 0 Å². The second-order valence-electron chi connectivity index (χ2n) is 4.89. The molecule has 0 bridgehead atoms. The fourth-order valence-corrected chi connectivity index (χ4v) is 2.38. The standard InChI is InChI=1S/C12H22N4O2.2ClH/c17-11(10-15-7-3-13-4-8-15)14-9-12(18)16-5-1-2-6-16;;/h13H,1-10H2,(H,14,17);2*1H. The Balaban J connectivity index is 0.00000180. The summed E-state index contributed by atoms with van der Waals surface area (Å²) in [6.07, 6.45) is 2.17. The van der Waals surface area contributed by atoms with Gasteiger partial charge in [-0.25, -0.2) is 0 Å². The third-order valence-electron chi connectivity index (χ3n) is 3.47. The van der Waals surface area contributed by atoms with E-state index in [2.05, 4.69) is 15.5 Å². The van der Waals surface area contributed by atoms with Gasteiger partial charge in [0.05, 0.1) is 13.1 Å². The van der Waals surface area contributed by atoms with Crippen molar-refractivity contribution in [3.8, 4) is 0 Å². The topological polar surface area (TPSA) is 64.7 Å². The number of carbonyl (C=O) groups is 2. The Morgan fingerprint density at radius 1 is 1.00 bits per heavy atom. The molecule has 0 spiro atoms. The molecule has 0 saturated carbocycles. The number of amides is 2. The van der Waals surface area contributed by atoms with Gasteiger partial charge in [0.1, 0.15) is 0 Å². The van der Waals surface area contributed by atoms with E-state index in [0.29, 0.717) is 6.54 Å². The monoisotopic (exact) mass is 326 g/mol. The van der Waals surface area contributed by atoms with Crippen LogP contribution in [-0.2, 0) is 9.59 Å². The molecular formula is C12H24Cl2N4O2. The predicted octanol–water partition coefficient (Wildman–Crippen LogP) is -0.526. The van der Waals surface area contributed by atoms with Gasteiger partial charge in [0, 0.05) is 39.3 Å². The van der Waals surface area contributed by atoms with Gasteiger partial charge in [0.25, 0.3) is 0 Å². The SMILES string of the molecule is Cl.Cl.O=C(CN1CCNCC1)NCC(=O)N1CCCC1. The Hall–Kier alpha value is -0.560. The van der Waals surface area contributed by atoms with E-state index < -0.39 is 0 Å². The van der Waals surface area contributed by atoms with Crippen LogP contribution in [0.3, 0.4) is 0 Å². The van der Waals surface area contributed by atoms with Gasteiger partial charge in [0.2, 0.25) is 11.8 Å². The number of hydrogen-bond donors (Lipinski definition) is 2. The number of halogens is 2. The van der Waals surface area contributed by atoms with Crippen LogP contribution < -0.4 is 10.6 Å². The van der Waals surface area contributed by atoms with Crippen molar-refractivity contribution < 1.29 is 9.59 Å². The van der Waals surface area contributed by atoms with Crippen molar-refractivity contribution in [3.05, 3.63) is 0 Å². The van der Waals surface area contributed by atoms with Crippen molar-refractivity contribution in [3.63, 3.8) is 0 Å². The van der Waals surface area contributed by atoms with Gasteiger partial charge in [-0.2, -0.15) is 0 Å². The van der Waals surface area contributed by atoms with Crippen molar-refractivity contribution in [1.29, 1.82) is 0 Å². The third kappa shape index (κ3) is 6.26. The Bertz CT molecular complexity index is 306. The maximum absolute atomic E-state index is 11.7. The van der Waals surface area contributed by atoms with Crippen molar-refractivity contribution in [2.75, 3.05) is 52.4 Å². The summed E-state index contributed by atoms with van der Waals surface area (Å²) >= 11 is 0. The molecule has 20 heavy (non-hydrogen) atoms. The first-order valence-corrected chi connectivity index (χ1v) is 6.73. The van der Waals surface area contributed by atoms with E-state index in [1.807, 2.05) is 4.90 Å². The summed E-state index contributed by atoms with van der Waals surface area (Å²) in [5, 5.41) is 5.96. The van der Waals surface area contributed by atoms with Crippen LogP contribution in [0.15, 0.2) is 0 Å². The number of piperazine rings is 1. The number of likely N-dealkylation sites (tertiary alicyclic amines) is 1. The van der Waals surface area contributed by atoms with Crippen LogP contribution in [0.1, 0.15) is 12.8 Å². The Kier molecular flexibility index (Phi) is 9.92. The van der Waals surface area contributed by atoms with E-state index in [9.17, 15) is 9.59 Å². The Morgan fingerprint density at radius 3 is 2.20 bits per heavy atom. The number of nitrogens with one attached hydrogen (secondary N) is 2. The molecule has 2 aliphatic rings. The van der Waals surface area contributed by atoms with Crippen LogP contribution in [-0.4, -0.2) is 74.0 Å². The van der Waals surface area contributed by atoms with Gasteiger partial charge in [-0.15, -0.1) is 24.8 Å².